The minimum atomic E-state index is -3.95. The van der Waals surface area contributed by atoms with E-state index in [0.717, 1.165) is 9.87 Å². The van der Waals surface area contributed by atoms with Crippen molar-refractivity contribution in [2.45, 2.75) is 52.2 Å². The van der Waals surface area contributed by atoms with Gasteiger partial charge in [-0.25, -0.2) is 8.42 Å². The van der Waals surface area contributed by atoms with Crippen LogP contribution in [0.1, 0.15) is 38.3 Å². The van der Waals surface area contributed by atoms with E-state index in [9.17, 15) is 18.0 Å². The Morgan fingerprint density at radius 2 is 1.59 bits per heavy atom. The van der Waals surface area contributed by atoms with Gasteiger partial charge in [-0.15, -0.1) is 0 Å². The minimum absolute atomic E-state index is 0.121. The number of nitrogens with one attached hydrogen (secondary N) is 1. The number of nitrogens with zero attached hydrogens (tertiary/aromatic N) is 2. The number of benzene rings is 3. The molecule has 0 bridgehead atoms. The van der Waals surface area contributed by atoms with Crippen LogP contribution in [0.25, 0.3) is 0 Å². The molecule has 0 saturated carbocycles. The van der Waals surface area contributed by atoms with Gasteiger partial charge in [-0.3, -0.25) is 13.9 Å². The number of sulfonamides is 1. The van der Waals surface area contributed by atoms with Crippen LogP contribution in [0.2, 0.25) is 10.0 Å². The summed E-state index contributed by atoms with van der Waals surface area (Å²) in [5.74, 6) is -0.364. The van der Waals surface area contributed by atoms with Crippen molar-refractivity contribution in [3.63, 3.8) is 0 Å². The highest BCUT2D eigenvalue weighted by molar-refractivity contribution is 7.92. The predicted octanol–water partition coefficient (Wildman–Crippen LogP) is 5.48. The maximum atomic E-state index is 14.4. The first-order chi connectivity index (χ1) is 21.0. The van der Waals surface area contributed by atoms with E-state index in [4.69, 9.17) is 32.7 Å². The summed E-state index contributed by atoms with van der Waals surface area (Å²) in [6.07, 6.45) is 0.863. The number of hydrogen-bond acceptors (Lipinski definition) is 6. The normalized spacial score (nSPS) is 13.9. The minimum Gasteiger partial charge on any atom is -0.486 e. The summed E-state index contributed by atoms with van der Waals surface area (Å²) in [5, 5.41) is 3.64. The molecule has 0 radical (unpaired) electrons. The van der Waals surface area contributed by atoms with Crippen LogP contribution in [0.4, 0.5) is 5.69 Å². The van der Waals surface area contributed by atoms with Crippen LogP contribution in [0.5, 0.6) is 11.5 Å². The Balaban J connectivity index is 1.79. The largest absolute Gasteiger partial charge is 0.486 e. The third kappa shape index (κ3) is 8.16. The molecule has 1 N–H and O–H groups in total. The summed E-state index contributed by atoms with van der Waals surface area (Å²) in [4.78, 5) is 29.6. The van der Waals surface area contributed by atoms with E-state index in [-0.39, 0.29) is 36.4 Å². The lowest BCUT2D eigenvalue weighted by molar-refractivity contribution is -0.140. The van der Waals surface area contributed by atoms with Crippen molar-refractivity contribution >= 4 is 50.7 Å². The molecule has 1 aliphatic rings. The maximum absolute atomic E-state index is 14.4. The lowest BCUT2D eigenvalue weighted by atomic mass is 10.0. The first-order valence-electron chi connectivity index (χ1n) is 14.5. The van der Waals surface area contributed by atoms with Crippen molar-refractivity contribution in [2.24, 2.45) is 0 Å². The van der Waals surface area contributed by atoms with Crippen molar-refractivity contribution < 1.29 is 27.5 Å². The number of rotatable bonds is 13. The van der Waals surface area contributed by atoms with Gasteiger partial charge in [0.1, 0.15) is 25.8 Å². The van der Waals surface area contributed by atoms with Crippen molar-refractivity contribution in [1.29, 1.82) is 0 Å². The molecule has 3 aromatic carbocycles. The fourth-order valence-electron chi connectivity index (χ4n) is 4.76. The molecule has 0 saturated heterocycles. The molecule has 1 aliphatic heterocycles. The number of carbonyl (C=O) groups is 2. The number of carbonyl (C=O) groups excluding carboxylic acids is 2. The van der Waals surface area contributed by atoms with Crippen molar-refractivity contribution in [1.82, 2.24) is 10.2 Å². The van der Waals surface area contributed by atoms with Gasteiger partial charge in [0.25, 0.3) is 0 Å². The summed E-state index contributed by atoms with van der Waals surface area (Å²) in [6, 6.07) is 17.9. The first kappa shape index (κ1) is 33.4. The number of anilines is 1. The van der Waals surface area contributed by atoms with Gasteiger partial charge in [-0.05, 0) is 50.1 Å². The summed E-state index contributed by atoms with van der Waals surface area (Å²) in [6.45, 7) is 5.33. The van der Waals surface area contributed by atoms with E-state index < -0.39 is 28.5 Å². The average molecular weight is 663 g/mol. The van der Waals surface area contributed by atoms with Crippen LogP contribution in [-0.2, 0) is 32.6 Å². The molecule has 2 atom stereocenters. The smallest absolute Gasteiger partial charge is 0.244 e. The Kier molecular flexibility index (Phi) is 11.4. The maximum Gasteiger partial charge on any atom is 0.244 e. The predicted molar refractivity (Wildman–Crippen MR) is 173 cm³/mol. The molecule has 0 unspecified atom stereocenters. The molecule has 0 fully saturated rings. The number of amides is 2. The van der Waals surface area contributed by atoms with E-state index >= 15 is 0 Å². The highest BCUT2D eigenvalue weighted by atomic mass is 35.5. The van der Waals surface area contributed by atoms with E-state index in [0.29, 0.717) is 46.7 Å². The number of hydrogen-bond donors (Lipinski definition) is 1. The van der Waals surface area contributed by atoms with Crippen LogP contribution < -0.4 is 19.1 Å². The molecule has 2 amide bonds. The van der Waals surface area contributed by atoms with Gasteiger partial charge < -0.3 is 19.7 Å². The van der Waals surface area contributed by atoms with Gasteiger partial charge in [0, 0.05) is 40.7 Å². The summed E-state index contributed by atoms with van der Waals surface area (Å²) in [5.41, 5.74) is 1.51. The van der Waals surface area contributed by atoms with Gasteiger partial charge in [-0.2, -0.15) is 0 Å². The topological polar surface area (TPSA) is 105 Å². The van der Waals surface area contributed by atoms with Gasteiger partial charge in [-0.1, -0.05) is 66.5 Å². The average Bonchev–Trinajstić information content (AvgIpc) is 3.02. The Bertz CT molecular complexity index is 1550. The molecule has 44 heavy (non-hydrogen) atoms. The SMILES string of the molecule is CC[C@H](C)NC(=O)[C@@H](Cc1ccccc1)N(Cc1c(Cl)cccc1Cl)C(=O)CN(c1ccc2c(c1)OCCO2)S(=O)(=O)CC. The van der Waals surface area contributed by atoms with Crippen molar-refractivity contribution in [3.8, 4) is 11.5 Å². The standard InChI is InChI=1S/C32H37Cl2N3O6S/c1-4-22(3)35-32(39)28(18-23-10-7-6-8-11-23)36(20-25-26(33)12-9-13-27(25)34)31(38)21-37(44(40,41)5-2)24-14-15-29-30(19-24)43-17-16-42-29/h6-15,19,22,28H,4-5,16-18,20-21H2,1-3H3,(H,35,39)/t22-,28+/m0/s1. The zero-order valence-electron chi connectivity index (χ0n) is 25.0. The lowest BCUT2D eigenvalue weighted by Gasteiger charge is -2.34. The second kappa shape index (κ2) is 15.0. The summed E-state index contributed by atoms with van der Waals surface area (Å²) in [7, 11) is -3.95. The van der Waals surface area contributed by atoms with Crippen molar-refractivity contribution in [2.75, 3.05) is 29.8 Å². The fourth-order valence-corrected chi connectivity index (χ4v) is 6.33. The Morgan fingerprint density at radius 1 is 0.932 bits per heavy atom. The van der Waals surface area contributed by atoms with Gasteiger partial charge >= 0.3 is 0 Å². The molecule has 0 aliphatic carbocycles. The Morgan fingerprint density at radius 3 is 2.23 bits per heavy atom. The van der Waals surface area contributed by atoms with E-state index in [1.165, 1.54) is 11.8 Å². The monoisotopic (exact) mass is 661 g/mol. The zero-order valence-corrected chi connectivity index (χ0v) is 27.3. The molecule has 9 nitrogen and oxygen atoms in total. The summed E-state index contributed by atoms with van der Waals surface area (Å²) >= 11 is 13.1. The number of halogens is 2. The van der Waals surface area contributed by atoms with Crippen molar-refractivity contribution in [3.05, 3.63) is 87.9 Å². The number of fused-ring (bicyclic) bond motifs is 1. The second-order valence-corrected chi connectivity index (χ2v) is 13.5. The molecule has 4 rings (SSSR count). The quantitative estimate of drug-likeness (QED) is 0.260. The van der Waals surface area contributed by atoms with Crippen LogP contribution in [0.3, 0.4) is 0 Å². The molecular weight excluding hydrogens is 625 g/mol. The van der Waals surface area contributed by atoms with Crippen LogP contribution in [0.15, 0.2) is 66.7 Å². The van der Waals surface area contributed by atoms with Crippen LogP contribution >= 0.6 is 23.2 Å². The molecule has 3 aromatic rings. The molecular formula is C32H37Cl2N3O6S. The molecule has 12 heteroatoms. The second-order valence-electron chi connectivity index (χ2n) is 10.5. The zero-order chi connectivity index (χ0) is 31.9. The highest BCUT2D eigenvalue weighted by Gasteiger charge is 2.35. The van der Waals surface area contributed by atoms with Crippen LogP contribution in [-0.4, -0.2) is 62.7 Å². The van der Waals surface area contributed by atoms with E-state index in [2.05, 4.69) is 5.32 Å². The summed E-state index contributed by atoms with van der Waals surface area (Å²) < 4.78 is 39.2. The van der Waals surface area contributed by atoms with E-state index in [1.54, 1.807) is 36.4 Å². The lowest BCUT2D eigenvalue weighted by Crippen LogP contribution is -2.54. The Labute approximate surface area is 269 Å². The third-order valence-corrected chi connectivity index (χ3v) is 9.90. The van der Waals surface area contributed by atoms with Gasteiger partial charge in [0.05, 0.1) is 11.4 Å². The highest BCUT2D eigenvalue weighted by Crippen LogP contribution is 2.35. The van der Waals surface area contributed by atoms with E-state index in [1.807, 2.05) is 44.2 Å². The first-order valence-corrected chi connectivity index (χ1v) is 16.9. The Hall–Kier alpha value is -3.47. The third-order valence-electron chi connectivity index (χ3n) is 7.46. The molecule has 0 aromatic heterocycles. The fraction of sp³-hybridized carbons (Fsp3) is 0.375. The molecule has 1 heterocycles. The van der Waals surface area contributed by atoms with Gasteiger partial charge in [0.2, 0.25) is 21.8 Å². The molecule has 236 valence electrons. The van der Waals surface area contributed by atoms with Crippen LogP contribution in [0, 0.1) is 0 Å². The van der Waals surface area contributed by atoms with Gasteiger partial charge in [0.15, 0.2) is 11.5 Å². The molecule has 0 spiro atoms. The number of ether oxygens (including phenoxy) is 2.